The van der Waals surface area contributed by atoms with Crippen LogP contribution in [0.4, 0.5) is 0 Å². The summed E-state index contributed by atoms with van der Waals surface area (Å²) in [5.41, 5.74) is 0. The van der Waals surface area contributed by atoms with Crippen LogP contribution in [0.5, 0.6) is 0 Å². The van der Waals surface area contributed by atoms with E-state index in [0.717, 1.165) is 0 Å². The zero-order chi connectivity index (χ0) is 11.0. The summed E-state index contributed by atoms with van der Waals surface area (Å²) in [6, 6.07) is 0. The highest BCUT2D eigenvalue weighted by molar-refractivity contribution is 5.00. The lowest BCUT2D eigenvalue weighted by Crippen LogP contribution is -2.49. The molecule has 0 aromatic rings. The molecule has 4 atom stereocenters. The Morgan fingerprint density at radius 2 is 1.71 bits per heavy atom. The van der Waals surface area contributed by atoms with Crippen LogP contribution in [0, 0.1) is 0 Å². The molecule has 1 saturated heterocycles. The molecule has 0 aliphatic carbocycles. The third-order valence-corrected chi connectivity index (χ3v) is 2.23. The van der Waals surface area contributed by atoms with Gasteiger partial charge in [-0.2, -0.15) is 0 Å². The van der Waals surface area contributed by atoms with E-state index in [1.165, 1.54) is 7.05 Å². The number of nitrogens with one attached hydrogen (secondary N) is 1. The first-order valence-corrected chi connectivity index (χ1v) is 4.16. The predicted molar refractivity (Wildman–Crippen MR) is 44.0 cm³/mol. The van der Waals surface area contributed by atoms with E-state index < -0.39 is 30.4 Å². The Bertz CT molecular complexity index is 214. The molecule has 0 aromatic carbocycles. The van der Waals surface area contributed by atoms with E-state index in [2.05, 4.69) is 10.1 Å². The summed E-state index contributed by atoms with van der Waals surface area (Å²) in [4.78, 5) is 0. The topological polar surface area (TPSA) is 122 Å². The summed E-state index contributed by atoms with van der Waals surface area (Å²) >= 11 is 0. The van der Waals surface area contributed by atoms with Crippen LogP contribution in [0.2, 0.25) is 0 Å². The van der Waals surface area contributed by atoms with Gasteiger partial charge in [-0.3, -0.25) is 0 Å². The minimum atomic E-state index is -2.33. The van der Waals surface area contributed by atoms with Crippen molar-refractivity contribution in [2.75, 3.05) is 20.2 Å². The van der Waals surface area contributed by atoms with Crippen LogP contribution in [-0.2, 0) is 4.74 Å². The van der Waals surface area contributed by atoms with E-state index in [1.807, 2.05) is 0 Å². The minimum Gasteiger partial charge on any atom is -0.391 e. The second kappa shape index (κ2) is 3.70. The van der Waals surface area contributed by atoms with Crippen LogP contribution in [0.3, 0.4) is 0 Å². The van der Waals surface area contributed by atoms with E-state index >= 15 is 0 Å². The maximum atomic E-state index is 9.63. The number of aliphatic hydroxyl groups is 5. The van der Waals surface area contributed by atoms with Crippen LogP contribution in [0.25, 0.3) is 0 Å². The molecule has 1 rings (SSSR count). The van der Waals surface area contributed by atoms with Gasteiger partial charge in [0.05, 0.1) is 13.2 Å². The van der Waals surface area contributed by atoms with Gasteiger partial charge in [0.15, 0.2) is 0 Å². The zero-order valence-electron chi connectivity index (χ0n) is 7.71. The Kier molecular flexibility index (Phi) is 3.12. The zero-order valence-corrected chi connectivity index (χ0v) is 7.71. The van der Waals surface area contributed by atoms with Gasteiger partial charge in [-0.15, -0.1) is 0 Å². The predicted octanol–water partition coefficient (Wildman–Crippen LogP) is -3.67. The highest BCUT2D eigenvalue weighted by Crippen LogP contribution is 2.34. The molecule has 84 valence electrons. The fourth-order valence-electron chi connectivity index (χ4n) is 1.44. The molecule has 0 amide bonds. The van der Waals surface area contributed by atoms with Crippen molar-refractivity contribution in [2.45, 2.75) is 23.8 Å². The molecular weight excluding hydrogens is 194 g/mol. The van der Waals surface area contributed by atoms with Gasteiger partial charge in [0.2, 0.25) is 11.6 Å². The average molecular weight is 209 g/mol. The first kappa shape index (κ1) is 11.8. The Balaban J connectivity index is 2.85. The second-order valence-corrected chi connectivity index (χ2v) is 3.37. The fraction of sp³-hybridized carbons (Fsp3) is 1.00. The Morgan fingerprint density at radius 3 is 2.07 bits per heavy atom. The molecule has 0 spiro atoms. The van der Waals surface area contributed by atoms with Gasteiger partial charge in [-0.1, -0.05) is 0 Å². The van der Waals surface area contributed by atoms with Gasteiger partial charge in [-0.25, -0.2) is 0 Å². The van der Waals surface area contributed by atoms with Crippen LogP contribution in [0.1, 0.15) is 0 Å². The van der Waals surface area contributed by atoms with Gasteiger partial charge in [0, 0.05) is 0 Å². The summed E-state index contributed by atoms with van der Waals surface area (Å²) in [5, 5.41) is 49.0. The Morgan fingerprint density at radius 1 is 1.21 bits per heavy atom. The van der Waals surface area contributed by atoms with Crippen molar-refractivity contribution in [2.24, 2.45) is 0 Å². The van der Waals surface area contributed by atoms with Gasteiger partial charge in [0.25, 0.3) is 0 Å². The van der Waals surface area contributed by atoms with Crippen molar-refractivity contribution < 1.29 is 30.3 Å². The third kappa shape index (κ3) is 1.63. The fourth-order valence-corrected chi connectivity index (χ4v) is 1.44. The summed E-state index contributed by atoms with van der Waals surface area (Å²) in [6.45, 7) is -1.11. The van der Waals surface area contributed by atoms with Crippen molar-refractivity contribution in [3.8, 4) is 0 Å². The van der Waals surface area contributed by atoms with Crippen LogP contribution in [-0.4, -0.2) is 69.5 Å². The molecule has 0 bridgehead atoms. The van der Waals surface area contributed by atoms with Crippen LogP contribution in [0.15, 0.2) is 0 Å². The second-order valence-electron chi connectivity index (χ2n) is 3.37. The lowest BCUT2D eigenvalue weighted by Gasteiger charge is -2.26. The summed E-state index contributed by atoms with van der Waals surface area (Å²) < 4.78 is 4.65. The van der Waals surface area contributed by atoms with Gasteiger partial charge in [0.1, 0.15) is 12.2 Å². The average Bonchev–Trinajstić information content (AvgIpc) is 2.30. The SMILES string of the molecule is CNC[C@@]1(O)O[C@](O)(CO)[C@@H](O)[C@H]1O. The molecule has 0 unspecified atom stereocenters. The van der Waals surface area contributed by atoms with Gasteiger partial charge < -0.3 is 35.6 Å². The number of aliphatic hydroxyl groups excluding tert-OH is 3. The lowest BCUT2D eigenvalue weighted by molar-refractivity contribution is -0.313. The standard InChI is InChI=1S/C7H15NO6/c1-8-2-6(12)4(10)5(11)7(13,3-9)14-6/h4-5,8-13H,2-3H2,1H3/t4-,5+,6-,7-/m1/s1. The molecular formula is C7H15NO6. The number of hydrogen-bond donors (Lipinski definition) is 6. The lowest BCUT2D eigenvalue weighted by atomic mass is 10.0. The molecule has 6 N–H and O–H groups in total. The summed E-state index contributed by atoms with van der Waals surface area (Å²) in [5.74, 6) is -4.43. The maximum Gasteiger partial charge on any atom is 0.221 e. The molecule has 14 heavy (non-hydrogen) atoms. The molecule has 1 aliphatic heterocycles. The number of hydrogen-bond acceptors (Lipinski definition) is 7. The third-order valence-electron chi connectivity index (χ3n) is 2.23. The van der Waals surface area contributed by atoms with Crippen molar-refractivity contribution in [1.82, 2.24) is 5.32 Å². The molecule has 0 radical (unpaired) electrons. The normalized spacial score (nSPS) is 48.4. The molecule has 1 heterocycles. The quantitative estimate of drug-likeness (QED) is 0.283. The Labute approximate surface area is 80.6 Å². The molecule has 1 aliphatic rings. The summed E-state index contributed by atoms with van der Waals surface area (Å²) in [6.07, 6.45) is -3.45. The number of rotatable bonds is 3. The van der Waals surface area contributed by atoms with E-state index in [9.17, 15) is 20.4 Å². The smallest absolute Gasteiger partial charge is 0.221 e. The van der Waals surface area contributed by atoms with E-state index in [4.69, 9.17) is 5.11 Å². The minimum absolute atomic E-state index is 0.187. The highest BCUT2D eigenvalue weighted by Gasteiger charge is 2.60. The Hall–Kier alpha value is -0.280. The summed E-state index contributed by atoms with van der Waals surface area (Å²) in [7, 11) is 1.50. The van der Waals surface area contributed by atoms with E-state index in [-0.39, 0.29) is 6.54 Å². The molecule has 7 nitrogen and oxygen atoms in total. The maximum absolute atomic E-state index is 9.63. The largest absolute Gasteiger partial charge is 0.391 e. The van der Waals surface area contributed by atoms with Crippen LogP contribution < -0.4 is 5.32 Å². The highest BCUT2D eigenvalue weighted by atomic mass is 16.7. The number of likely N-dealkylation sites (N-methyl/N-ethyl adjacent to an activating group) is 1. The van der Waals surface area contributed by atoms with Crippen molar-refractivity contribution in [1.29, 1.82) is 0 Å². The van der Waals surface area contributed by atoms with Crippen LogP contribution >= 0.6 is 0 Å². The van der Waals surface area contributed by atoms with E-state index in [0.29, 0.717) is 0 Å². The van der Waals surface area contributed by atoms with E-state index in [1.54, 1.807) is 0 Å². The molecule has 1 fully saturated rings. The van der Waals surface area contributed by atoms with Gasteiger partial charge >= 0.3 is 0 Å². The number of ether oxygens (including phenoxy) is 1. The molecule has 0 saturated carbocycles. The first-order valence-electron chi connectivity index (χ1n) is 4.16. The van der Waals surface area contributed by atoms with Crippen molar-refractivity contribution >= 4 is 0 Å². The molecule has 0 aromatic heterocycles. The van der Waals surface area contributed by atoms with Crippen molar-refractivity contribution in [3.05, 3.63) is 0 Å². The monoisotopic (exact) mass is 209 g/mol. The van der Waals surface area contributed by atoms with Crippen molar-refractivity contribution in [3.63, 3.8) is 0 Å². The first-order chi connectivity index (χ1) is 6.39. The van der Waals surface area contributed by atoms with Gasteiger partial charge in [-0.05, 0) is 7.05 Å². The molecule has 7 heteroatoms.